The molecule has 2 saturated heterocycles. The molecule has 0 saturated carbocycles. The van der Waals surface area contributed by atoms with Gasteiger partial charge in [-0.2, -0.15) is 0 Å². The summed E-state index contributed by atoms with van der Waals surface area (Å²) in [6.07, 6.45) is -0.864. The van der Waals surface area contributed by atoms with Crippen LogP contribution in [-0.2, 0) is 10.0 Å². The highest BCUT2D eigenvalue weighted by Gasteiger charge is 2.38. The second-order valence-electron chi connectivity index (χ2n) is 6.13. The van der Waals surface area contributed by atoms with E-state index < -0.39 is 22.1 Å². The van der Waals surface area contributed by atoms with Crippen molar-refractivity contribution in [1.29, 1.82) is 0 Å². The van der Waals surface area contributed by atoms with Gasteiger partial charge in [0.15, 0.2) is 0 Å². The number of ether oxygens (including phenoxy) is 1. The topological polar surface area (TPSA) is 58.6 Å². The van der Waals surface area contributed by atoms with Gasteiger partial charge in [-0.15, -0.1) is 13.2 Å². The number of hydrogen-bond donors (Lipinski definition) is 1. The Balaban J connectivity index is 1.69. The fraction of sp³-hybridized carbons (Fsp3) is 0.600. The van der Waals surface area contributed by atoms with Gasteiger partial charge in [-0.05, 0) is 50.1 Å². The number of fused-ring (bicyclic) bond motifs is 1. The van der Waals surface area contributed by atoms with E-state index in [0.717, 1.165) is 63.0 Å². The van der Waals surface area contributed by atoms with Crippen LogP contribution in [0.25, 0.3) is 0 Å². The Labute approximate surface area is 138 Å². The molecule has 0 unspecified atom stereocenters. The minimum atomic E-state index is -4.80. The molecule has 24 heavy (non-hydrogen) atoms. The Morgan fingerprint density at radius 1 is 1.08 bits per heavy atom. The van der Waals surface area contributed by atoms with Gasteiger partial charge in [0.2, 0.25) is 10.0 Å². The lowest BCUT2D eigenvalue weighted by atomic mass is 10.00. The molecular formula is C15H19F3N2O3S. The third kappa shape index (κ3) is 4.01. The third-order valence-electron chi connectivity index (χ3n) is 4.53. The van der Waals surface area contributed by atoms with Gasteiger partial charge in [-0.3, -0.25) is 4.90 Å². The maximum Gasteiger partial charge on any atom is 0.573 e. The van der Waals surface area contributed by atoms with Crippen LogP contribution in [-0.4, -0.2) is 44.9 Å². The summed E-state index contributed by atoms with van der Waals surface area (Å²) in [7, 11) is -3.77. The van der Waals surface area contributed by atoms with Crippen molar-refractivity contribution in [3.63, 3.8) is 0 Å². The van der Waals surface area contributed by atoms with Gasteiger partial charge in [0.25, 0.3) is 0 Å². The molecule has 2 aliphatic heterocycles. The van der Waals surface area contributed by atoms with E-state index in [-0.39, 0.29) is 17.0 Å². The molecule has 0 aliphatic carbocycles. The van der Waals surface area contributed by atoms with E-state index in [2.05, 4.69) is 14.4 Å². The standard InChI is InChI=1S/C15H19F3N2O3S/c16-15(17,18)23-11-4-6-12(7-5-11)24(21,22)19-13-8-10-20-9-2-1-3-14(13)20/h4-7,13-14,19H,1-3,8-10H2/t13-,14-/m0/s1. The Kier molecular flexibility index (Phi) is 4.76. The lowest BCUT2D eigenvalue weighted by molar-refractivity contribution is -0.274. The van der Waals surface area contributed by atoms with Crippen LogP contribution in [0.1, 0.15) is 25.7 Å². The predicted molar refractivity (Wildman–Crippen MR) is 81.1 cm³/mol. The van der Waals surface area contributed by atoms with Gasteiger partial charge in [0.05, 0.1) is 4.90 Å². The molecule has 2 aliphatic rings. The molecular weight excluding hydrogens is 345 g/mol. The zero-order valence-corrected chi connectivity index (χ0v) is 13.7. The van der Waals surface area contributed by atoms with E-state index >= 15 is 0 Å². The second-order valence-corrected chi connectivity index (χ2v) is 7.85. The van der Waals surface area contributed by atoms with Crippen molar-refractivity contribution < 1.29 is 26.3 Å². The minimum absolute atomic E-state index is 0.0636. The smallest absolute Gasteiger partial charge is 0.406 e. The highest BCUT2D eigenvalue weighted by Crippen LogP contribution is 2.29. The van der Waals surface area contributed by atoms with E-state index in [4.69, 9.17) is 0 Å². The summed E-state index contributed by atoms with van der Waals surface area (Å²) in [4.78, 5) is 2.24. The van der Waals surface area contributed by atoms with Gasteiger partial charge in [-0.25, -0.2) is 13.1 Å². The monoisotopic (exact) mass is 364 g/mol. The first-order valence-corrected chi connectivity index (χ1v) is 9.35. The van der Waals surface area contributed by atoms with E-state index in [9.17, 15) is 21.6 Å². The fourth-order valence-electron chi connectivity index (χ4n) is 3.47. The van der Waals surface area contributed by atoms with Crippen molar-refractivity contribution >= 4 is 10.0 Å². The average Bonchev–Trinajstić information content (AvgIpc) is 2.89. The Morgan fingerprint density at radius 2 is 1.79 bits per heavy atom. The Morgan fingerprint density at radius 3 is 2.46 bits per heavy atom. The number of rotatable bonds is 4. The quantitative estimate of drug-likeness (QED) is 0.892. The van der Waals surface area contributed by atoms with Gasteiger partial charge < -0.3 is 4.74 Å². The third-order valence-corrected chi connectivity index (χ3v) is 6.04. The lowest BCUT2D eigenvalue weighted by Crippen LogP contribution is -2.46. The van der Waals surface area contributed by atoms with Crippen LogP contribution in [0.3, 0.4) is 0 Å². The lowest BCUT2D eigenvalue weighted by Gasteiger charge is -2.32. The molecule has 134 valence electrons. The van der Waals surface area contributed by atoms with Gasteiger partial charge >= 0.3 is 6.36 Å². The molecule has 0 bridgehead atoms. The van der Waals surface area contributed by atoms with Crippen LogP contribution in [0.5, 0.6) is 5.75 Å². The van der Waals surface area contributed by atoms with Crippen LogP contribution in [0, 0.1) is 0 Å². The minimum Gasteiger partial charge on any atom is -0.406 e. The summed E-state index contributed by atoms with van der Waals surface area (Å²) in [6.45, 7) is 1.86. The first-order valence-electron chi connectivity index (χ1n) is 7.87. The van der Waals surface area contributed by atoms with Gasteiger partial charge in [0, 0.05) is 18.6 Å². The summed E-state index contributed by atoms with van der Waals surface area (Å²) < 4.78 is 67.8. The molecule has 3 rings (SSSR count). The summed E-state index contributed by atoms with van der Waals surface area (Å²) in [5, 5.41) is 0. The maximum absolute atomic E-state index is 12.5. The number of nitrogens with one attached hydrogen (secondary N) is 1. The number of sulfonamides is 1. The maximum atomic E-state index is 12.5. The van der Waals surface area contributed by atoms with E-state index in [1.54, 1.807) is 0 Å². The van der Waals surface area contributed by atoms with E-state index in [1.807, 2.05) is 0 Å². The molecule has 1 aromatic carbocycles. The summed E-state index contributed by atoms with van der Waals surface area (Å²) >= 11 is 0. The van der Waals surface area contributed by atoms with Crippen molar-refractivity contribution in [2.45, 2.75) is 49.0 Å². The Hall–Kier alpha value is -1.32. The first-order chi connectivity index (χ1) is 11.2. The van der Waals surface area contributed by atoms with Gasteiger partial charge in [0.1, 0.15) is 5.75 Å². The van der Waals surface area contributed by atoms with Crippen molar-refractivity contribution in [2.24, 2.45) is 0 Å². The first kappa shape index (κ1) is 17.5. The molecule has 2 fully saturated rings. The number of alkyl halides is 3. The normalized spacial score (nSPS) is 25.5. The molecule has 9 heteroatoms. The molecule has 2 heterocycles. The highest BCUT2D eigenvalue weighted by molar-refractivity contribution is 7.89. The molecule has 0 aromatic heterocycles. The fourth-order valence-corrected chi connectivity index (χ4v) is 4.78. The predicted octanol–water partition coefficient (Wildman–Crippen LogP) is 2.49. The Bertz CT molecular complexity index is 676. The summed E-state index contributed by atoms with van der Waals surface area (Å²) in [5.74, 6) is -0.444. The molecule has 0 radical (unpaired) electrons. The molecule has 0 spiro atoms. The van der Waals surface area contributed by atoms with Crippen molar-refractivity contribution in [3.05, 3.63) is 24.3 Å². The molecule has 1 N–H and O–H groups in total. The number of piperidine rings is 1. The van der Waals surface area contributed by atoms with Crippen molar-refractivity contribution in [1.82, 2.24) is 9.62 Å². The van der Waals surface area contributed by atoms with Crippen molar-refractivity contribution in [3.8, 4) is 5.75 Å². The molecule has 5 nitrogen and oxygen atoms in total. The number of nitrogens with zero attached hydrogens (tertiary/aromatic N) is 1. The van der Waals surface area contributed by atoms with Crippen LogP contribution >= 0.6 is 0 Å². The highest BCUT2D eigenvalue weighted by atomic mass is 32.2. The van der Waals surface area contributed by atoms with E-state index in [0.29, 0.717) is 0 Å². The van der Waals surface area contributed by atoms with Crippen molar-refractivity contribution in [2.75, 3.05) is 13.1 Å². The van der Waals surface area contributed by atoms with Crippen LogP contribution < -0.4 is 9.46 Å². The molecule has 2 atom stereocenters. The van der Waals surface area contributed by atoms with Gasteiger partial charge in [-0.1, -0.05) is 6.42 Å². The second kappa shape index (κ2) is 6.53. The SMILES string of the molecule is O=S(=O)(N[C@H]1CCN2CCCC[C@@H]12)c1ccc(OC(F)(F)F)cc1. The van der Waals surface area contributed by atoms with Crippen LogP contribution in [0.15, 0.2) is 29.2 Å². The van der Waals surface area contributed by atoms with Crippen LogP contribution in [0.4, 0.5) is 13.2 Å². The average molecular weight is 364 g/mol. The zero-order chi connectivity index (χ0) is 17.4. The van der Waals surface area contributed by atoms with E-state index in [1.165, 1.54) is 0 Å². The van der Waals surface area contributed by atoms with Crippen LogP contribution in [0.2, 0.25) is 0 Å². The number of halogens is 3. The largest absolute Gasteiger partial charge is 0.573 e. The summed E-state index contributed by atoms with van der Waals surface area (Å²) in [6, 6.07) is 4.31. The zero-order valence-electron chi connectivity index (χ0n) is 12.9. The molecule has 1 aromatic rings. The summed E-state index contributed by atoms with van der Waals surface area (Å²) in [5.41, 5.74) is 0. The number of benzene rings is 1. The number of hydrogen-bond acceptors (Lipinski definition) is 4. The molecule has 0 amide bonds.